The van der Waals surface area contributed by atoms with Crippen LogP contribution >= 0.6 is 0 Å². The van der Waals surface area contributed by atoms with Crippen LogP contribution in [0.4, 0.5) is 8.78 Å². The fourth-order valence-corrected chi connectivity index (χ4v) is 6.24. The monoisotopic (exact) mass is 550 g/mol. The summed E-state index contributed by atoms with van der Waals surface area (Å²) in [5.41, 5.74) is 1.31. The highest BCUT2D eigenvalue weighted by Crippen LogP contribution is 2.27. The first-order valence-electron chi connectivity index (χ1n) is 11.7. The van der Waals surface area contributed by atoms with Crippen molar-refractivity contribution < 1.29 is 30.4 Å². The van der Waals surface area contributed by atoms with Gasteiger partial charge in [0.2, 0.25) is 10.0 Å². The van der Waals surface area contributed by atoms with E-state index in [1.807, 2.05) is 30.3 Å². The molecule has 3 aromatic carbocycles. The van der Waals surface area contributed by atoms with Gasteiger partial charge in [-0.05, 0) is 47.5 Å². The van der Waals surface area contributed by atoms with Crippen LogP contribution in [0.15, 0.2) is 82.6 Å². The molecule has 0 N–H and O–H groups in total. The fraction of sp³-hybridized carbons (Fsp3) is 0.308. The normalized spacial score (nSPS) is 16.5. The summed E-state index contributed by atoms with van der Waals surface area (Å²) < 4.78 is 84.1. The quantitative estimate of drug-likeness (QED) is 0.406. The average molecular weight is 551 g/mol. The molecule has 7 nitrogen and oxygen atoms in total. The van der Waals surface area contributed by atoms with Gasteiger partial charge in [0.25, 0.3) is 0 Å². The molecule has 1 atom stereocenters. The summed E-state index contributed by atoms with van der Waals surface area (Å²) in [4.78, 5) is 2.19. The Labute approximate surface area is 216 Å². The van der Waals surface area contributed by atoms with Gasteiger partial charge in [-0.15, -0.1) is 0 Å². The molecule has 37 heavy (non-hydrogen) atoms. The van der Waals surface area contributed by atoms with Crippen LogP contribution in [0.2, 0.25) is 0 Å². The highest BCUT2D eigenvalue weighted by atomic mass is 32.2. The lowest BCUT2D eigenvalue weighted by Gasteiger charge is -2.34. The van der Waals surface area contributed by atoms with Gasteiger partial charge >= 0.3 is 0 Å². The number of nitrogens with zero attached hydrogens (tertiary/aromatic N) is 2. The Morgan fingerprint density at radius 2 is 1.41 bits per heavy atom. The van der Waals surface area contributed by atoms with Gasteiger partial charge in [-0.1, -0.05) is 36.4 Å². The van der Waals surface area contributed by atoms with Crippen LogP contribution < -0.4 is 0 Å². The Bertz CT molecular complexity index is 1430. The third-order valence-corrected chi connectivity index (χ3v) is 9.30. The van der Waals surface area contributed by atoms with Crippen LogP contribution in [0, 0.1) is 11.6 Å². The maximum atomic E-state index is 13.9. The lowest BCUT2D eigenvalue weighted by Crippen LogP contribution is -2.49. The molecule has 1 saturated heterocycles. The molecule has 0 amide bonds. The van der Waals surface area contributed by atoms with Crippen molar-refractivity contribution in [2.24, 2.45) is 0 Å². The first-order valence-corrected chi connectivity index (χ1v) is 15.0. The van der Waals surface area contributed by atoms with Gasteiger partial charge in [-0.25, -0.2) is 25.6 Å². The van der Waals surface area contributed by atoms with Crippen molar-refractivity contribution in [3.8, 4) is 0 Å². The highest BCUT2D eigenvalue weighted by molar-refractivity contribution is 7.90. The zero-order valence-corrected chi connectivity index (χ0v) is 21.9. The molecule has 4 rings (SSSR count). The molecule has 0 aliphatic carbocycles. The van der Waals surface area contributed by atoms with E-state index in [9.17, 15) is 25.6 Å². The van der Waals surface area contributed by atoms with E-state index in [-0.39, 0.29) is 22.9 Å². The number of hydrogen-bond acceptors (Lipinski definition) is 6. The predicted molar refractivity (Wildman–Crippen MR) is 135 cm³/mol. The Hall–Kier alpha value is -2.70. The number of piperazine rings is 1. The number of sulfonamides is 1. The standard InChI is InChI=1S/C26H28F2N2O5S2/c1-36(31,32)22-8-10-23(11-9-22)37(33,34)30-15-13-29(14-16-30)17-18-35-26(20-5-3-2-4-6-20)21-7-12-24(27)25(28)19-21/h2-12,19,26H,13-18H2,1H3/t26-/m0/s1. The molecule has 198 valence electrons. The molecule has 0 radical (unpaired) electrons. The third kappa shape index (κ3) is 6.60. The largest absolute Gasteiger partial charge is 0.367 e. The van der Waals surface area contributed by atoms with Crippen LogP contribution in [0.1, 0.15) is 17.2 Å². The number of benzene rings is 3. The van der Waals surface area contributed by atoms with Gasteiger partial charge in [-0.3, -0.25) is 4.90 Å². The van der Waals surface area contributed by atoms with E-state index in [2.05, 4.69) is 4.90 Å². The van der Waals surface area contributed by atoms with Crippen molar-refractivity contribution in [1.82, 2.24) is 9.21 Å². The zero-order valence-electron chi connectivity index (χ0n) is 20.3. The number of halogens is 2. The van der Waals surface area contributed by atoms with Crippen molar-refractivity contribution in [2.45, 2.75) is 15.9 Å². The van der Waals surface area contributed by atoms with Gasteiger partial charge in [0.15, 0.2) is 21.5 Å². The molecule has 0 spiro atoms. The topological polar surface area (TPSA) is 84.0 Å². The SMILES string of the molecule is CS(=O)(=O)c1ccc(S(=O)(=O)N2CCN(CCO[C@@H](c3ccccc3)c3ccc(F)c(F)c3)CC2)cc1. The van der Waals surface area contributed by atoms with Crippen molar-refractivity contribution in [1.29, 1.82) is 0 Å². The molecule has 1 aliphatic heterocycles. The molecular weight excluding hydrogens is 522 g/mol. The molecule has 1 fully saturated rings. The predicted octanol–water partition coefficient (Wildman–Crippen LogP) is 3.48. The Morgan fingerprint density at radius 1 is 0.784 bits per heavy atom. The Kier molecular flexibility index (Phi) is 8.39. The molecule has 1 aliphatic rings. The van der Waals surface area contributed by atoms with Gasteiger partial charge < -0.3 is 4.74 Å². The van der Waals surface area contributed by atoms with Crippen LogP contribution in [0.25, 0.3) is 0 Å². The molecular formula is C26H28F2N2O5S2. The van der Waals surface area contributed by atoms with E-state index in [4.69, 9.17) is 4.74 Å². The van der Waals surface area contributed by atoms with Crippen LogP contribution in [-0.4, -0.2) is 71.6 Å². The van der Waals surface area contributed by atoms with Crippen molar-refractivity contribution in [3.05, 3.63) is 95.6 Å². The second-order valence-corrected chi connectivity index (χ2v) is 12.8. The van der Waals surface area contributed by atoms with Crippen molar-refractivity contribution >= 4 is 19.9 Å². The van der Waals surface area contributed by atoms with E-state index in [0.717, 1.165) is 24.0 Å². The minimum atomic E-state index is -3.75. The number of hydrogen-bond donors (Lipinski definition) is 0. The minimum absolute atomic E-state index is 0.0499. The summed E-state index contributed by atoms with van der Waals surface area (Å²) >= 11 is 0. The van der Waals surface area contributed by atoms with Crippen molar-refractivity contribution in [3.63, 3.8) is 0 Å². The molecule has 0 saturated carbocycles. The maximum absolute atomic E-state index is 13.9. The summed E-state index contributed by atoms with van der Waals surface area (Å²) in [5.74, 6) is -1.86. The second kappa shape index (κ2) is 11.4. The Morgan fingerprint density at radius 3 is 2.00 bits per heavy atom. The second-order valence-electron chi connectivity index (χ2n) is 8.82. The summed E-state index contributed by atoms with van der Waals surface area (Å²) in [6, 6.07) is 18.2. The molecule has 3 aromatic rings. The zero-order chi connectivity index (χ0) is 26.6. The fourth-order valence-electron chi connectivity index (χ4n) is 4.19. The van der Waals surface area contributed by atoms with Crippen LogP contribution in [0.3, 0.4) is 0 Å². The summed E-state index contributed by atoms with van der Waals surface area (Å²) in [6.07, 6.45) is 0.493. The van der Waals surface area contributed by atoms with Gasteiger partial charge in [-0.2, -0.15) is 4.31 Å². The summed E-state index contributed by atoms with van der Waals surface area (Å²) in [7, 11) is -7.16. The van der Waals surface area contributed by atoms with E-state index < -0.39 is 37.6 Å². The molecule has 1 heterocycles. The smallest absolute Gasteiger partial charge is 0.243 e. The molecule has 0 unspecified atom stereocenters. The average Bonchev–Trinajstić information content (AvgIpc) is 2.89. The van der Waals surface area contributed by atoms with E-state index in [0.29, 0.717) is 31.8 Å². The lowest BCUT2D eigenvalue weighted by molar-refractivity contribution is 0.0525. The van der Waals surface area contributed by atoms with Crippen LogP contribution in [0.5, 0.6) is 0 Å². The Balaban J connectivity index is 1.35. The molecule has 0 aromatic heterocycles. The lowest BCUT2D eigenvalue weighted by atomic mass is 10.0. The molecule has 11 heteroatoms. The highest BCUT2D eigenvalue weighted by Gasteiger charge is 2.29. The number of sulfone groups is 1. The maximum Gasteiger partial charge on any atom is 0.243 e. The van der Waals surface area contributed by atoms with Gasteiger partial charge in [0.05, 0.1) is 16.4 Å². The van der Waals surface area contributed by atoms with E-state index in [1.54, 1.807) is 0 Å². The minimum Gasteiger partial charge on any atom is -0.367 e. The van der Waals surface area contributed by atoms with E-state index >= 15 is 0 Å². The molecule has 0 bridgehead atoms. The number of rotatable bonds is 9. The van der Waals surface area contributed by atoms with E-state index in [1.165, 1.54) is 34.6 Å². The van der Waals surface area contributed by atoms with Crippen LogP contribution in [-0.2, 0) is 24.6 Å². The van der Waals surface area contributed by atoms with Gasteiger partial charge in [0, 0.05) is 39.0 Å². The first-order chi connectivity index (χ1) is 17.6. The first kappa shape index (κ1) is 27.3. The van der Waals surface area contributed by atoms with Crippen molar-refractivity contribution in [2.75, 3.05) is 45.6 Å². The summed E-state index contributed by atoms with van der Waals surface area (Å²) in [5, 5.41) is 0. The summed E-state index contributed by atoms with van der Waals surface area (Å²) in [6.45, 7) is 2.38. The van der Waals surface area contributed by atoms with Gasteiger partial charge in [0.1, 0.15) is 6.10 Å². The number of ether oxygens (including phenoxy) is 1. The third-order valence-electron chi connectivity index (χ3n) is 6.26.